The van der Waals surface area contributed by atoms with Crippen molar-refractivity contribution in [1.29, 1.82) is 5.41 Å². The van der Waals surface area contributed by atoms with Gasteiger partial charge in [0.15, 0.2) is 0 Å². The molecule has 6 heteroatoms. The van der Waals surface area contributed by atoms with Crippen LogP contribution in [0.3, 0.4) is 0 Å². The molecule has 0 fully saturated rings. The number of aromatic nitrogens is 1. The minimum absolute atomic E-state index is 0.0468. The van der Waals surface area contributed by atoms with Gasteiger partial charge in [0.1, 0.15) is 11.6 Å². The molecule has 0 radical (unpaired) electrons. The summed E-state index contributed by atoms with van der Waals surface area (Å²) in [5.41, 5.74) is 11.1. The van der Waals surface area contributed by atoms with E-state index in [0.717, 1.165) is 34.7 Å². The van der Waals surface area contributed by atoms with Crippen molar-refractivity contribution in [1.82, 2.24) is 9.88 Å². The Labute approximate surface area is 176 Å². The standard InChI is InChI=1S/C24H26N4O2/c1-15-16(2)28(19-6-4-3-5-7-19)13-21(15)24(29)27-11-10-18-14-30-22-9-8-17(23(25)26)12-20(18)22/h3-9,12-13,18H,10-11,14H2,1-2H3,(H3,25,26)(H,27,29). The van der Waals surface area contributed by atoms with Crippen LogP contribution in [0.1, 0.15) is 45.1 Å². The lowest BCUT2D eigenvalue weighted by atomic mass is 9.96. The fourth-order valence-corrected chi connectivity index (χ4v) is 3.92. The van der Waals surface area contributed by atoms with Gasteiger partial charge in [-0.3, -0.25) is 10.2 Å². The molecule has 0 saturated carbocycles. The number of carbonyl (C=O) groups is 1. The van der Waals surface area contributed by atoms with Crippen molar-refractivity contribution in [3.63, 3.8) is 0 Å². The van der Waals surface area contributed by atoms with E-state index < -0.39 is 0 Å². The summed E-state index contributed by atoms with van der Waals surface area (Å²) in [6, 6.07) is 15.6. The van der Waals surface area contributed by atoms with Gasteiger partial charge < -0.3 is 20.4 Å². The number of ether oxygens (including phenoxy) is 1. The number of fused-ring (bicyclic) bond motifs is 1. The zero-order valence-electron chi connectivity index (χ0n) is 17.2. The molecule has 0 saturated heterocycles. The predicted molar refractivity (Wildman–Crippen MR) is 118 cm³/mol. The van der Waals surface area contributed by atoms with E-state index in [-0.39, 0.29) is 17.7 Å². The molecule has 2 aromatic carbocycles. The number of amides is 1. The molecule has 0 bridgehead atoms. The smallest absolute Gasteiger partial charge is 0.253 e. The van der Waals surface area contributed by atoms with Crippen molar-refractivity contribution < 1.29 is 9.53 Å². The van der Waals surface area contributed by atoms with Crippen LogP contribution >= 0.6 is 0 Å². The summed E-state index contributed by atoms with van der Waals surface area (Å²) in [5.74, 6) is 0.992. The largest absolute Gasteiger partial charge is 0.493 e. The molecular weight excluding hydrogens is 376 g/mol. The second-order valence-corrected chi connectivity index (χ2v) is 7.68. The maximum atomic E-state index is 12.8. The molecular formula is C24H26N4O2. The molecule has 1 amide bonds. The number of nitrogens with one attached hydrogen (secondary N) is 2. The first-order chi connectivity index (χ1) is 14.5. The van der Waals surface area contributed by atoms with Crippen LogP contribution < -0.4 is 15.8 Å². The molecule has 1 aromatic heterocycles. The van der Waals surface area contributed by atoms with E-state index in [1.54, 1.807) is 6.07 Å². The highest BCUT2D eigenvalue weighted by Crippen LogP contribution is 2.36. The third-order valence-corrected chi connectivity index (χ3v) is 5.82. The maximum absolute atomic E-state index is 12.8. The third kappa shape index (κ3) is 3.68. The number of hydrogen-bond donors (Lipinski definition) is 3. The summed E-state index contributed by atoms with van der Waals surface area (Å²) in [4.78, 5) is 12.8. The zero-order chi connectivity index (χ0) is 21.3. The van der Waals surface area contributed by atoms with Gasteiger partial charge in [-0.05, 0) is 56.2 Å². The Morgan fingerprint density at radius 2 is 2.00 bits per heavy atom. The molecule has 154 valence electrons. The van der Waals surface area contributed by atoms with E-state index in [0.29, 0.717) is 24.3 Å². The van der Waals surface area contributed by atoms with Crippen LogP contribution in [0, 0.1) is 19.3 Å². The first kappa shape index (κ1) is 19.8. The van der Waals surface area contributed by atoms with Crippen molar-refractivity contribution in [3.05, 3.63) is 82.7 Å². The van der Waals surface area contributed by atoms with Gasteiger partial charge in [0.05, 0.1) is 12.2 Å². The number of amidine groups is 1. The Balaban J connectivity index is 1.42. The summed E-state index contributed by atoms with van der Waals surface area (Å²) < 4.78 is 7.80. The Kier molecular flexibility index (Phi) is 5.31. The van der Waals surface area contributed by atoms with Gasteiger partial charge in [-0.2, -0.15) is 0 Å². The number of carbonyl (C=O) groups excluding carboxylic acids is 1. The Morgan fingerprint density at radius 1 is 1.23 bits per heavy atom. The normalized spacial score (nSPS) is 14.8. The van der Waals surface area contributed by atoms with Crippen molar-refractivity contribution in [2.45, 2.75) is 26.2 Å². The van der Waals surface area contributed by atoms with Gasteiger partial charge in [0.25, 0.3) is 5.91 Å². The Morgan fingerprint density at radius 3 is 2.73 bits per heavy atom. The molecule has 4 rings (SSSR count). The number of para-hydroxylation sites is 1. The predicted octanol–water partition coefficient (Wildman–Crippen LogP) is 3.67. The van der Waals surface area contributed by atoms with Gasteiger partial charge in [0, 0.05) is 41.2 Å². The zero-order valence-corrected chi connectivity index (χ0v) is 17.2. The van der Waals surface area contributed by atoms with Crippen molar-refractivity contribution in [2.75, 3.05) is 13.2 Å². The minimum atomic E-state index is -0.0677. The highest BCUT2D eigenvalue weighted by atomic mass is 16.5. The molecule has 3 aromatic rings. The van der Waals surface area contributed by atoms with Crippen LogP contribution in [-0.4, -0.2) is 29.5 Å². The first-order valence-corrected chi connectivity index (χ1v) is 10.1. The van der Waals surface area contributed by atoms with Crippen molar-refractivity contribution in [2.24, 2.45) is 5.73 Å². The summed E-state index contributed by atoms with van der Waals surface area (Å²) in [6.07, 6.45) is 2.67. The summed E-state index contributed by atoms with van der Waals surface area (Å²) in [7, 11) is 0. The van der Waals surface area contributed by atoms with Gasteiger partial charge in [-0.25, -0.2) is 0 Å². The average Bonchev–Trinajstić information content (AvgIpc) is 3.29. The number of rotatable bonds is 6. The lowest BCUT2D eigenvalue weighted by Crippen LogP contribution is -2.26. The van der Waals surface area contributed by atoms with Gasteiger partial charge in [0.2, 0.25) is 0 Å². The number of nitrogens with two attached hydrogens (primary N) is 1. The summed E-state index contributed by atoms with van der Waals surface area (Å²) in [5, 5.41) is 10.7. The van der Waals surface area contributed by atoms with E-state index in [1.807, 2.05) is 62.5 Å². The van der Waals surface area contributed by atoms with Crippen molar-refractivity contribution in [3.8, 4) is 11.4 Å². The quantitative estimate of drug-likeness (QED) is 0.434. The van der Waals surface area contributed by atoms with Gasteiger partial charge in [-0.1, -0.05) is 18.2 Å². The number of hydrogen-bond acceptors (Lipinski definition) is 3. The molecule has 1 unspecified atom stereocenters. The number of nitrogens with zero attached hydrogens (tertiary/aromatic N) is 1. The van der Waals surface area contributed by atoms with E-state index in [9.17, 15) is 4.79 Å². The topological polar surface area (TPSA) is 93.1 Å². The van der Waals surface area contributed by atoms with E-state index in [4.69, 9.17) is 15.9 Å². The average molecular weight is 402 g/mol. The molecule has 1 atom stereocenters. The Bertz CT molecular complexity index is 1100. The van der Waals surface area contributed by atoms with Crippen LogP contribution in [0.2, 0.25) is 0 Å². The number of nitrogen functional groups attached to an aromatic ring is 1. The second-order valence-electron chi connectivity index (χ2n) is 7.68. The monoisotopic (exact) mass is 402 g/mol. The van der Waals surface area contributed by atoms with Crippen LogP contribution in [0.15, 0.2) is 54.7 Å². The highest BCUT2D eigenvalue weighted by Gasteiger charge is 2.25. The minimum Gasteiger partial charge on any atom is -0.493 e. The van der Waals surface area contributed by atoms with Gasteiger partial charge in [-0.15, -0.1) is 0 Å². The van der Waals surface area contributed by atoms with Crippen LogP contribution in [0.5, 0.6) is 5.75 Å². The van der Waals surface area contributed by atoms with Crippen LogP contribution in [-0.2, 0) is 0 Å². The first-order valence-electron chi connectivity index (χ1n) is 10.1. The maximum Gasteiger partial charge on any atom is 0.253 e. The van der Waals surface area contributed by atoms with E-state index >= 15 is 0 Å². The lowest BCUT2D eigenvalue weighted by Gasteiger charge is -2.11. The Hall–Kier alpha value is -3.54. The van der Waals surface area contributed by atoms with Crippen LogP contribution in [0.25, 0.3) is 5.69 Å². The third-order valence-electron chi connectivity index (χ3n) is 5.82. The molecule has 1 aliphatic rings. The molecule has 1 aliphatic heterocycles. The molecule has 2 heterocycles. The number of benzene rings is 2. The lowest BCUT2D eigenvalue weighted by molar-refractivity contribution is 0.0951. The molecule has 0 spiro atoms. The van der Waals surface area contributed by atoms with E-state index in [1.165, 1.54) is 0 Å². The molecule has 30 heavy (non-hydrogen) atoms. The van der Waals surface area contributed by atoms with Crippen molar-refractivity contribution >= 4 is 11.7 Å². The van der Waals surface area contributed by atoms with Crippen LogP contribution in [0.4, 0.5) is 0 Å². The summed E-state index contributed by atoms with van der Waals surface area (Å²) in [6.45, 7) is 5.13. The fraction of sp³-hybridized carbons (Fsp3) is 0.250. The highest BCUT2D eigenvalue weighted by molar-refractivity contribution is 5.96. The SMILES string of the molecule is Cc1c(C(=O)NCCC2COc3ccc(C(=N)N)cc32)cn(-c2ccccc2)c1C. The second kappa shape index (κ2) is 8.06. The van der Waals surface area contributed by atoms with Gasteiger partial charge >= 0.3 is 0 Å². The summed E-state index contributed by atoms with van der Waals surface area (Å²) >= 11 is 0. The molecule has 4 N–H and O–H groups in total. The van der Waals surface area contributed by atoms with E-state index in [2.05, 4.69) is 9.88 Å². The molecule has 6 nitrogen and oxygen atoms in total. The fourth-order valence-electron chi connectivity index (χ4n) is 3.92. The molecule has 0 aliphatic carbocycles.